The highest BCUT2D eigenvalue weighted by Gasteiger charge is 2.56. The fourth-order valence-electron chi connectivity index (χ4n) is 4.42. The molecule has 0 unspecified atom stereocenters. The number of aliphatic hydroxyl groups excluding tert-OH is 1. The largest absolute Gasteiger partial charge is 0.462 e. The van der Waals surface area contributed by atoms with Crippen LogP contribution in [0.15, 0.2) is 36.7 Å². The second kappa shape index (κ2) is 13.0. The van der Waals surface area contributed by atoms with Gasteiger partial charge in [0.2, 0.25) is 0 Å². The minimum atomic E-state index is -4.27. The molecule has 3 aromatic rings. The fourth-order valence-corrected chi connectivity index (χ4v) is 5.92. The van der Waals surface area contributed by atoms with E-state index in [1.54, 1.807) is 51.1 Å². The van der Waals surface area contributed by atoms with Gasteiger partial charge < -0.3 is 24.4 Å². The van der Waals surface area contributed by atoms with Crippen molar-refractivity contribution in [2.24, 2.45) is 0 Å². The van der Waals surface area contributed by atoms with Crippen LogP contribution >= 0.6 is 7.75 Å². The van der Waals surface area contributed by atoms with Crippen molar-refractivity contribution in [2.75, 3.05) is 18.5 Å². The molecule has 1 fully saturated rings. The Kier molecular flexibility index (Phi) is 9.84. The van der Waals surface area contributed by atoms with E-state index in [9.17, 15) is 14.5 Å². The first-order chi connectivity index (χ1) is 19.8. The van der Waals surface area contributed by atoms with Gasteiger partial charge in [-0.25, -0.2) is 23.9 Å². The van der Waals surface area contributed by atoms with E-state index in [4.69, 9.17) is 18.5 Å². The van der Waals surface area contributed by atoms with Gasteiger partial charge >= 0.3 is 13.7 Å². The van der Waals surface area contributed by atoms with Crippen molar-refractivity contribution >= 4 is 30.7 Å². The lowest BCUT2D eigenvalue weighted by Crippen LogP contribution is -2.41. The Bertz CT molecular complexity index is 1420. The smallest absolute Gasteiger partial charge is 0.459 e. The molecule has 0 spiro atoms. The maximum absolute atomic E-state index is 16.1. The first kappa shape index (κ1) is 31.8. The van der Waals surface area contributed by atoms with Crippen LogP contribution in [-0.4, -0.2) is 73.8 Å². The number of aryl methyl sites for hydroxylation is 1. The van der Waals surface area contributed by atoms with Crippen molar-refractivity contribution in [3.05, 3.63) is 42.5 Å². The van der Waals surface area contributed by atoms with E-state index in [2.05, 4.69) is 25.4 Å². The zero-order valence-corrected chi connectivity index (χ0v) is 25.4. The highest BCUT2D eigenvalue weighted by Crippen LogP contribution is 2.48. The summed E-state index contributed by atoms with van der Waals surface area (Å²) < 4.78 is 53.7. The summed E-state index contributed by atoms with van der Waals surface area (Å²) >= 11 is 0. The first-order valence-corrected chi connectivity index (χ1v) is 15.3. The van der Waals surface area contributed by atoms with Crippen LogP contribution in [0, 0.1) is 6.92 Å². The first-order valence-electron chi connectivity index (χ1n) is 13.8. The van der Waals surface area contributed by atoms with Crippen molar-refractivity contribution in [3.8, 4) is 5.75 Å². The number of aliphatic hydroxyl groups is 1. The number of ether oxygens (including phenoxy) is 2. The number of rotatable bonds is 13. The molecule has 230 valence electrons. The third-order valence-corrected chi connectivity index (χ3v) is 8.12. The van der Waals surface area contributed by atoms with E-state index in [-0.39, 0.29) is 5.75 Å². The van der Waals surface area contributed by atoms with Crippen molar-refractivity contribution < 1.29 is 37.4 Å². The molecule has 0 saturated carbocycles. The Labute approximate surface area is 243 Å². The quantitative estimate of drug-likeness (QED) is 0.189. The molecule has 13 nitrogen and oxygen atoms in total. The zero-order valence-electron chi connectivity index (χ0n) is 24.5. The highest BCUT2D eigenvalue weighted by molar-refractivity contribution is 7.52. The molecule has 1 aliphatic heterocycles. The van der Waals surface area contributed by atoms with E-state index in [0.717, 1.165) is 6.42 Å². The summed E-state index contributed by atoms with van der Waals surface area (Å²) in [5.41, 5.74) is -1.57. The molecule has 0 bridgehead atoms. The Morgan fingerprint density at radius 3 is 2.64 bits per heavy atom. The molecule has 3 heterocycles. The van der Waals surface area contributed by atoms with E-state index in [0.29, 0.717) is 29.4 Å². The molecule has 0 amide bonds. The Hall–Kier alpha value is -3.16. The number of nitrogens with zero attached hydrogens (tertiary/aromatic N) is 4. The molecule has 3 N–H and O–H groups in total. The van der Waals surface area contributed by atoms with Crippen LogP contribution in [0.2, 0.25) is 0 Å². The van der Waals surface area contributed by atoms with Crippen LogP contribution in [0.4, 0.5) is 10.2 Å². The van der Waals surface area contributed by atoms with Gasteiger partial charge in [0.1, 0.15) is 29.8 Å². The van der Waals surface area contributed by atoms with Crippen molar-refractivity contribution in [1.29, 1.82) is 0 Å². The monoisotopic (exact) mass is 608 g/mol. The molecular formula is C27H38FN6O7P. The minimum Gasteiger partial charge on any atom is -0.462 e. The summed E-state index contributed by atoms with van der Waals surface area (Å²) in [6.45, 7) is 9.85. The van der Waals surface area contributed by atoms with Crippen molar-refractivity contribution in [1.82, 2.24) is 24.6 Å². The molecule has 0 radical (unpaired) electrons. The lowest BCUT2D eigenvalue weighted by molar-refractivity contribution is -0.149. The number of aromatic nitrogens is 4. The van der Waals surface area contributed by atoms with Crippen LogP contribution in [-0.2, 0) is 23.4 Å². The Morgan fingerprint density at radius 1 is 1.26 bits per heavy atom. The zero-order chi connectivity index (χ0) is 30.7. The van der Waals surface area contributed by atoms with Gasteiger partial charge in [0.15, 0.2) is 28.9 Å². The molecule has 6 atom stereocenters. The van der Waals surface area contributed by atoms with Crippen LogP contribution < -0.4 is 14.9 Å². The van der Waals surface area contributed by atoms with Crippen LogP contribution in [0.1, 0.15) is 53.1 Å². The Morgan fingerprint density at radius 2 is 1.98 bits per heavy atom. The summed E-state index contributed by atoms with van der Waals surface area (Å²) in [7, 11) is -4.27. The third-order valence-electron chi connectivity index (χ3n) is 6.48. The maximum atomic E-state index is 16.1. The summed E-state index contributed by atoms with van der Waals surface area (Å²) in [6, 6.07) is 7.12. The number of nitrogens with one attached hydrogen (secondary N) is 2. The lowest BCUT2D eigenvalue weighted by atomic mass is 9.98. The fraction of sp³-hybridized carbons (Fsp3) is 0.556. The van der Waals surface area contributed by atoms with Crippen LogP contribution in [0.3, 0.4) is 0 Å². The standard InChI is InChI=1S/C27H38FN6O7P/c1-7-13-29-23-21-24(32-18(5)31-23)34(15-30-21)26-27(6,28)22(35)20(40-26)14-38-42(37,41-19-11-9-8-10-12-19)33-17(4)25(36)39-16(2)3/h8-12,15-17,20,22,26,35H,7,13-14H2,1-6H3,(H,33,37)(H,29,31,32)/t17-,20+,22+,26+,27+,42-/m0/s1. The van der Waals surface area contributed by atoms with Gasteiger partial charge in [0, 0.05) is 6.54 Å². The van der Waals surface area contributed by atoms with Gasteiger partial charge in [-0.3, -0.25) is 13.9 Å². The van der Waals surface area contributed by atoms with Gasteiger partial charge in [-0.2, -0.15) is 5.09 Å². The van der Waals surface area contributed by atoms with Crippen LogP contribution in [0.25, 0.3) is 11.2 Å². The Balaban J connectivity index is 1.56. The van der Waals surface area contributed by atoms with Gasteiger partial charge in [0.05, 0.1) is 19.0 Å². The normalized spacial score (nSPS) is 24.5. The highest BCUT2D eigenvalue weighted by atomic mass is 31.2. The number of esters is 1. The summed E-state index contributed by atoms with van der Waals surface area (Å²) in [6.07, 6.45) is -2.46. The van der Waals surface area contributed by atoms with Crippen molar-refractivity contribution in [2.45, 2.75) is 84.2 Å². The summed E-state index contributed by atoms with van der Waals surface area (Å²) in [5, 5.41) is 16.7. The van der Waals surface area contributed by atoms with Gasteiger partial charge in [0.25, 0.3) is 0 Å². The number of hydrogen-bond donors (Lipinski definition) is 3. The molecule has 1 aromatic carbocycles. The molecule has 15 heteroatoms. The van der Waals surface area contributed by atoms with Gasteiger partial charge in [-0.1, -0.05) is 25.1 Å². The molecule has 2 aromatic heterocycles. The molecule has 4 rings (SSSR count). The van der Waals surface area contributed by atoms with E-state index in [1.807, 2.05) is 6.92 Å². The molecule has 42 heavy (non-hydrogen) atoms. The second-order valence-corrected chi connectivity index (χ2v) is 12.2. The number of halogens is 1. The van der Waals surface area contributed by atoms with Gasteiger partial charge in [-0.15, -0.1) is 0 Å². The lowest BCUT2D eigenvalue weighted by Gasteiger charge is -2.25. The number of carbonyl (C=O) groups is 1. The number of alkyl halides is 1. The van der Waals surface area contributed by atoms with Gasteiger partial charge in [-0.05, 0) is 53.2 Å². The number of benzene rings is 1. The van der Waals surface area contributed by atoms with Crippen LogP contribution in [0.5, 0.6) is 5.75 Å². The summed E-state index contributed by atoms with van der Waals surface area (Å²) in [5.74, 6) is 0.478. The predicted molar refractivity (Wildman–Crippen MR) is 153 cm³/mol. The number of carbonyl (C=O) groups excluding carboxylic acids is 1. The summed E-state index contributed by atoms with van der Waals surface area (Å²) in [4.78, 5) is 25.6. The minimum absolute atomic E-state index is 0.200. The maximum Gasteiger partial charge on any atom is 0.459 e. The molecule has 1 saturated heterocycles. The average molecular weight is 609 g/mol. The number of fused-ring (bicyclic) bond motifs is 1. The van der Waals surface area contributed by atoms with E-state index < -0.39 is 56.6 Å². The van der Waals surface area contributed by atoms with E-state index >= 15 is 4.39 Å². The number of imidazole rings is 1. The predicted octanol–water partition coefficient (Wildman–Crippen LogP) is 4.08. The second-order valence-electron chi connectivity index (χ2n) is 10.5. The molecule has 0 aliphatic carbocycles. The topological polar surface area (TPSA) is 159 Å². The number of para-hydroxylation sites is 1. The third kappa shape index (κ3) is 7.07. The number of hydrogen-bond acceptors (Lipinski definition) is 11. The van der Waals surface area contributed by atoms with E-state index in [1.165, 1.54) is 24.7 Å². The number of anilines is 1. The average Bonchev–Trinajstić information content (AvgIpc) is 3.43. The molecule has 1 aliphatic rings. The molecular weight excluding hydrogens is 570 g/mol. The van der Waals surface area contributed by atoms with Crippen molar-refractivity contribution in [3.63, 3.8) is 0 Å². The SMILES string of the molecule is CCCNc1nc(C)nc2c1ncn2[C@@H]1O[C@H](CO[P@@](=O)(N[C@@H](C)C(=O)OC(C)C)Oc2ccccc2)[C@@H](O)[C@@]1(C)F.